The summed E-state index contributed by atoms with van der Waals surface area (Å²) in [6.07, 6.45) is -0.250. The highest BCUT2D eigenvalue weighted by Gasteiger charge is 1.82. The maximum absolute atomic E-state index is 11.1. The van der Waals surface area contributed by atoms with Crippen molar-refractivity contribution in [2.75, 3.05) is 7.11 Å². The molecular formula is C3H4F2O. The molecule has 0 radical (unpaired) electrons. The highest BCUT2D eigenvalue weighted by molar-refractivity contribution is 4.68. The van der Waals surface area contributed by atoms with Gasteiger partial charge < -0.3 is 4.74 Å². The summed E-state index contributed by atoms with van der Waals surface area (Å²) in [5.74, 6) is 0. The van der Waals surface area contributed by atoms with Crippen molar-refractivity contribution in [2.45, 2.75) is 0 Å². The molecule has 3 heteroatoms. The molecule has 1 nitrogen and oxygen atoms in total. The van der Waals surface area contributed by atoms with Gasteiger partial charge in [0, 0.05) is 0 Å². The van der Waals surface area contributed by atoms with Crippen molar-refractivity contribution in [2.24, 2.45) is 0 Å². The molecule has 0 fully saturated rings. The van der Waals surface area contributed by atoms with Gasteiger partial charge in [-0.25, -0.2) is 4.39 Å². The summed E-state index contributed by atoms with van der Waals surface area (Å²) < 4.78 is 25.6. The summed E-state index contributed by atoms with van der Waals surface area (Å²) in [7, 11) is 1.05. The highest BCUT2D eigenvalue weighted by Crippen LogP contribution is 1.93. The molecule has 0 saturated heterocycles. The van der Waals surface area contributed by atoms with Crippen LogP contribution in [0.5, 0.6) is 0 Å². The molecule has 0 aromatic rings. The van der Waals surface area contributed by atoms with Crippen LogP contribution in [0.3, 0.4) is 0 Å². The van der Waals surface area contributed by atoms with Gasteiger partial charge in [0.1, 0.15) is 0 Å². The monoisotopic (exact) mass is 94.0 g/mol. The molecule has 0 aliphatic heterocycles. The molecule has 0 atom stereocenters. The third-order valence-corrected chi connectivity index (χ3v) is 0.281. The SMILES string of the molecule is CO/C(F)=C\F. The Balaban J connectivity index is 3.22. The second-order valence-electron chi connectivity index (χ2n) is 0.617. The van der Waals surface area contributed by atoms with Crippen LogP contribution < -0.4 is 0 Å². The van der Waals surface area contributed by atoms with Crippen LogP contribution in [0.1, 0.15) is 0 Å². The van der Waals surface area contributed by atoms with Crippen LogP contribution in [0, 0.1) is 0 Å². The minimum absolute atomic E-state index is 0.250. The van der Waals surface area contributed by atoms with Crippen molar-refractivity contribution in [3.8, 4) is 0 Å². The van der Waals surface area contributed by atoms with Gasteiger partial charge in [0.05, 0.1) is 7.11 Å². The first-order valence-electron chi connectivity index (χ1n) is 1.31. The maximum atomic E-state index is 11.1. The van der Waals surface area contributed by atoms with Gasteiger partial charge in [0.15, 0.2) is 6.33 Å². The van der Waals surface area contributed by atoms with E-state index in [9.17, 15) is 8.78 Å². The predicted molar refractivity (Wildman–Crippen MR) is 17.3 cm³/mol. The Morgan fingerprint density at radius 1 is 1.83 bits per heavy atom. The van der Waals surface area contributed by atoms with Crippen LogP contribution in [0.15, 0.2) is 12.3 Å². The smallest absolute Gasteiger partial charge is 0.301 e. The molecule has 36 valence electrons. The molecule has 0 rings (SSSR count). The van der Waals surface area contributed by atoms with Crippen molar-refractivity contribution >= 4 is 0 Å². The van der Waals surface area contributed by atoms with E-state index in [-0.39, 0.29) is 6.33 Å². The number of rotatable bonds is 1. The van der Waals surface area contributed by atoms with Crippen LogP contribution >= 0.6 is 0 Å². The lowest BCUT2D eigenvalue weighted by Crippen LogP contribution is -1.70. The van der Waals surface area contributed by atoms with E-state index in [1.54, 1.807) is 0 Å². The van der Waals surface area contributed by atoms with Crippen molar-refractivity contribution in [1.29, 1.82) is 0 Å². The second kappa shape index (κ2) is 2.63. The van der Waals surface area contributed by atoms with Crippen LogP contribution in [0.2, 0.25) is 0 Å². The standard InChI is InChI=1S/C3H4F2O/c1-6-3(5)2-4/h2H,1H3/b3-2-. The number of methoxy groups -OCH3 is 1. The lowest BCUT2D eigenvalue weighted by Gasteiger charge is -1.84. The first kappa shape index (κ1) is 5.40. The van der Waals surface area contributed by atoms with Crippen LogP contribution in [-0.2, 0) is 4.74 Å². The molecule has 0 unspecified atom stereocenters. The molecule has 6 heavy (non-hydrogen) atoms. The maximum Gasteiger partial charge on any atom is 0.301 e. The van der Waals surface area contributed by atoms with E-state index in [2.05, 4.69) is 4.74 Å². The fourth-order valence-corrected chi connectivity index (χ4v) is 0.0445. The molecule has 0 spiro atoms. The fraction of sp³-hybridized carbons (Fsp3) is 0.333. The third kappa shape index (κ3) is 1.69. The summed E-state index contributed by atoms with van der Waals surface area (Å²) in [6.45, 7) is 0. The lowest BCUT2D eigenvalue weighted by molar-refractivity contribution is 0.195. The van der Waals surface area contributed by atoms with Crippen LogP contribution in [0.4, 0.5) is 8.78 Å². The Kier molecular flexibility index (Phi) is 2.36. The number of hydrogen-bond donors (Lipinski definition) is 0. The Bertz CT molecular complexity index is 59.8. The van der Waals surface area contributed by atoms with Gasteiger partial charge in [-0.3, -0.25) is 0 Å². The molecule has 0 aromatic heterocycles. The Labute approximate surface area is 34.2 Å². The lowest BCUT2D eigenvalue weighted by atomic mass is 11.0. The first-order chi connectivity index (χ1) is 2.81. The Morgan fingerprint density at radius 2 is 2.33 bits per heavy atom. The normalized spacial score (nSPS) is 11.5. The van der Waals surface area contributed by atoms with Crippen LogP contribution in [-0.4, -0.2) is 7.11 Å². The topological polar surface area (TPSA) is 9.23 Å². The molecule has 0 aliphatic rings. The zero-order chi connectivity index (χ0) is 4.99. The Morgan fingerprint density at radius 3 is 2.33 bits per heavy atom. The average molecular weight is 94.1 g/mol. The van der Waals surface area contributed by atoms with Crippen molar-refractivity contribution < 1.29 is 13.5 Å². The zero-order valence-corrected chi connectivity index (χ0v) is 3.24. The van der Waals surface area contributed by atoms with E-state index < -0.39 is 6.01 Å². The first-order valence-corrected chi connectivity index (χ1v) is 1.31. The zero-order valence-electron chi connectivity index (χ0n) is 3.24. The summed E-state index contributed by atoms with van der Waals surface area (Å²) >= 11 is 0. The van der Waals surface area contributed by atoms with E-state index in [1.807, 2.05) is 0 Å². The quantitative estimate of drug-likeness (QED) is 0.446. The molecule has 0 amide bonds. The molecule has 0 aromatic carbocycles. The van der Waals surface area contributed by atoms with Crippen molar-refractivity contribution in [3.63, 3.8) is 0 Å². The number of hydrogen-bond acceptors (Lipinski definition) is 1. The molecular weight excluding hydrogens is 90.0 g/mol. The summed E-state index contributed by atoms with van der Waals surface area (Å²) in [6, 6.07) is -1.20. The summed E-state index contributed by atoms with van der Waals surface area (Å²) in [5, 5.41) is 0. The van der Waals surface area contributed by atoms with Gasteiger partial charge in [-0.2, -0.15) is 4.39 Å². The van der Waals surface area contributed by atoms with Gasteiger partial charge in [0.25, 0.3) is 0 Å². The van der Waals surface area contributed by atoms with Gasteiger partial charge in [-0.05, 0) is 0 Å². The third-order valence-electron chi connectivity index (χ3n) is 0.281. The van der Waals surface area contributed by atoms with Crippen molar-refractivity contribution in [3.05, 3.63) is 12.3 Å². The number of halogens is 2. The van der Waals surface area contributed by atoms with E-state index >= 15 is 0 Å². The molecule has 0 heterocycles. The average Bonchev–Trinajstić information content (AvgIpc) is 1.65. The van der Waals surface area contributed by atoms with E-state index in [0.29, 0.717) is 0 Å². The van der Waals surface area contributed by atoms with Gasteiger partial charge in [-0.1, -0.05) is 0 Å². The van der Waals surface area contributed by atoms with Gasteiger partial charge in [0.2, 0.25) is 0 Å². The highest BCUT2D eigenvalue weighted by atomic mass is 19.2. The van der Waals surface area contributed by atoms with Crippen molar-refractivity contribution in [1.82, 2.24) is 0 Å². The van der Waals surface area contributed by atoms with Gasteiger partial charge >= 0.3 is 6.01 Å². The summed E-state index contributed by atoms with van der Waals surface area (Å²) in [5.41, 5.74) is 0. The fourth-order valence-electron chi connectivity index (χ4n) is 0.0445. The molecule has 0 aliphatic carbocycles. The van der Waals surface area contributed by atoms with E-state index in [1.165, 1.54) is 0 Å². The van der Waals surface area contributed by atoms with E-state index in [0.717, 1.165) is 7.11 Å². The number of ether oxygens (including phenoxy) is 1. The second-order valence-corrected chi connectivity index (χ2v) is 0.617. The Hall–Kier alpha value is -0.600. The minimum atomic E-state index is -1.20. The molecule has 0 saturated carbocycles. The van der Waals surface area contributed by atoms with Crippen LogP contribution in [0.25, 0.3) is 0 Å². The predicted octanol–water partition coefficient (Wildman–Crippen LogP) is 1.37. The largest absolute Gasteiger partial charge is 0.472 e. The molecule has 0 N–H and O–H groups in total. The minimum Gasteiger partial charge on any atom is -0.472 e. The van der Waals surface area contributed by atoms with Gasteiger partial charge in [-0.15, -0.1) is 0 Å². The van der Waals surface area contributed by atoms with E-state index in [4.69, 9.17) is 0 Å². The summed E-state index contributed by atoms with van der Waals surface area (Å²) in [4.78, 5) is 0. The molecule has 0 bridgehead atoms.